The zero-order chi connectivity index (χ0) is 19.8. The van der Waals surface area contributed by atoms with Crippen LogP contribution in [-0.4, -0.2) is 35.0 Å². The normalized spacial score (nSPS) is 11.8. The third-order valence-electron chi connectivity index (χ3n) is 4.19. The summed E-state index contributed by atoms with van der Waals surface area (Å²) in [6.45, 7) is 2.01. The molecule has 0 saturated carbocycles. The van der Waals surface area contributed by atoms with Crippen LogP contribution >= 0.6 is 11.8 Å². The van der Waals surface area contributed by atoms with E-state index in [1.54, 1.807) is 7.11 Å². The first kappa shape index (κ1) is 19.9. The van der Waals surface area contributed by atoms with Crippen molar-refractivity contribution in [1.29, 1.82) is 0 Å². The van der Waals surface area contributed by atoms with Crippen molar-refractivity contribution < 1.29 is 13.9 Å². The fourth-order valence-electron chi connectivity index (χ4n) is 2.66. The molecule has 0 spiro atoms. The Bertz CT molecular complexity index is 881. The van der Waals surface area contributed by atoms with Crippen molar-refractivity contribution in [2.24, 2.45) is 0 Å². The summed E-state index contributed by atoms with van der Waals surface area (Å²) < 4.78 is 10.8. The fraction of sp³-hybridized carbons (Fsp3) is 0.286. The Morgan fingerprint density at radius 2 is 1.89 bits per heavy atom. The van der Waals surface area contributed by atoms with Crippen LogP contribution in [0.4, 0.5) is 0 Å². The zero-order valence-electron chi connectivity index (χ0n) is 15.9. The molecule has 2 aromatic carbocycles. The third-order valence-corrected chi connectivity index (χ3v) is 5.00. The molecule has 1 aromatic heterocycles. The SMILES string of the molecule is COc1ccc(-c2nnc(SCC(=O)NC(C)CCc3ccccc3)o2)cc1. The molecule has 3 rings (SSSR count). The number of thioether (sulfide) groups is 1. The van der Waals surface area contributed by atoms with Crippen LogP contribution in [0, 0.1) is 0 Å². The van der Waals surface area contributed by atoms with E-state index < -0.39 is 0 Å². The smallest absolute Gasteiger partial charge is 0.277 e. The molecule has 1 amide bonds. The van der Waals surface area contributed by atoms with Crippen LogP contribution in [0.3, 0.4) is 0 Å². The molecule has 0 bridgehead atoms. The number of amides is 1. The van der Waals surface area contributed by atoms with E-state index in [4.69, 9.17) is 9.15 Å². The molecule has 1 N–H and O–H groups in total. The van der Waals surface area contributed by atoms with Crippen molar-refractivity contribution in [2.75, 3.05) is 12.9 Å². The maximum absolute atomic E-state index is 12.1. The topological polar surface area (TPSA) is 77.2 Å². The van der Waals surface area contributed by atoms with Crippen molar-refractivity contribution in [3.63, 3.8) is 0 Å². The Kier molecular flexibility index (Phi) is 7.08. The van der Waals surface area contributed by atoms with Gasteiger partial charge in [-0.1, -0.05) is 42.1 Å². The summed E-state index contributed by atoms with van der Waals surface area (Å²) in [6.07, 6.45) is 1.83. The lowest BCUT2D eigenvalue weighted by molar-refractivity contribution is -0.119. The molecule has 0 saturated heterocycles. The van der Waals surface area contributed by atoms with Gasteiger partial charge in [-0.3, -0.25) is 4.79 Å². The highest BCUT2D eigenvalue weighted by Crippen LogP contribution is 2.24. The Morgan fingerprint density at radius 3 is 2.61 bits per heavy atom. The van der Waals surface area contributed by atoms with Gasteiger partial charge in [-0.15, -0.1) is 10.2 Å². The van der Waals surface area contributed by atoms with Crippen LogP contribution < -0.4 is 10.1 Å². The van der Waals surface area contributed by atoms with E-state index in [1.807, 2.05) is 49.4 Å². The van der Waals surface area contributed by atoms with Crippen LogP contribution in [-0.2, 0) is 11.2 Å². The lowest BCUT2D eigenvalue weighted by Gasteiger charge is -2.13. The summed E-state index contributed by atoms with van der Waals surface area (Å²) in [5, 5.41) is 11.4. The van der Waals surface area contributed by atoms with Crippen LogP contribution in [0.1, 0.15) is 18.9 Å². The van der Waals surface area contributed by atoms with Gasteiger partial charge in [0.25, 0.3) is 5.22 Å². The van der Waals surface area contributed by atoms with Crippen molar-refractivity contribution in [1.82, 2.24) is 15.5 Å². The van der Waals surface area contributed by atoms with Gasteiger partial charge < -0.3 is 14.5 Å². The predicted octanol–water partition coefficient (Wildman–Crippen LogP) is 3.97. The molecule has 1 heterocycles. The lowest BCUT2D eigenvalue weighted by atomic mass is 10.1. The number of carbonyl (C=O) groups is 1. The minimum absolute atomic E-state index is 0.0465. The Hall–Kier alpha value is -2.80. The molecule has 6 nitrogen and oxygen atoms in total. The van der Waals surface area contributed by atoms with Gasteiger partial charge in [0.05, 0.1) is 12.9 Å². The van der Waals surface area contributed by atoms with Gasteiger partial charge in [0.15, 0.2) is 0 Å². The molecule has 146 valence electrons. The van der Waals surface area contributed by atoms with Gasteiger partial charge in [-0.25, -0.2) is 0 Å². The average Bonchev–Trinajstić information content (AvgIpc) is 3.21. The quantitative estimate of drug-likeness (QED) is 0.551. The molecule has 0 aliphatic carbocycles. The molecule has 0 aliphatic rings. The van der Waals surface area contributed by atoms with Crippen molar-refractivity contribution >= 4 is 17.7 Å². The van der Waals surface area contributed by atoms with E-state index in [2.05, 4.69) is 27.6 Å². The number of rotatable bonds is 9. The van der Waals surface area contributed by atoms with Gasteiger partial charge in [0.1, 0.15) is 5.75 Å². The first-order valence-electron chi connectivity index (χ1n) is 9.08. The summed E-state index contributed by atoms with van der Waals surface area (Å²) >= 11 is 1.23. The molecule has 1 atom stereocenters. The van der Waals surface area contributed by atoms with Crippen LogP contribution in [0.5, 0.6) is 5.75 Å². The molecule has 7 heteroatoms. The van der Waals surface area contributed by atoms with E-state index in [0.29, 0.717) is 11.1 Å². The molecular weight excluding hydrogens is 374 g/mol. The standard InChI is InChI=1S/C21H23N3O3S/c1-15(8-9-16-6-4-3-5-7-16)22-19(25)14-28-21-24-23-20(27-21)17-10-12-18(26-2)13-11-17/h3-7,10-13,15H,8-9,14H2,1-2H3,(H,22,25). The van der Waals surface area contributed by atoms with Gasteiger partial charge in [0, 0.05) is 11.6 Å². The van der Waals surface area contributed by atoms with Gasteiger partial charge in [-0.2, -0.15) is 0 Å². The van der Waals surface area contributed by atoms with Crippen molar-refractivity contribution in [3.05, 3.63) is 60.2 Å². The number of methoxy groups -OCH3 is 1. The van der Waals surface area contributed by atoms with Gasteiger partial charge in [0.2, 0.25) is 11.8 Å². The average molecular weight is 398 g/mol. The predicted molar refractivity (Wildman–Crippen MR) is 109 cm³/mol. The summed E-state index contributed by atoms with van der Waals surface area (Å²) in [4.78, 5) is 12.1. The van der Waals surface area contributed by atoms with E-state index in [9.17, 15) is 4.79 Å². The second kappa shape index (κ2) is 9.94. The van der Waals surface area contributed by atoms with Crippen LogP contribution in [0.25, 0.3) is 11.5 Å². The molecule has 3 aromatic rings. The molecule has 0 radical (unpaired) electrons. The number of hydrogen-bond acceptors (Lipinski definition) is 6. The molecule has 0 fully saturated rings. The van der Waals surface area contributed by atoms with Crippen molar-refractivity contribution in [2.45, 2.75) is 31.0 Å². The van der Waals surface area contributed by atoms with Gasteiger partial charge >= 0.3 is 0 Å². The highest BCUT2D eigenvalue weighted by Gasteiger charge is 2.13. The number of ether oxygens (including phenoxy) is 1. The number of nitrogens with one attached hydrogen (secondary N) is 1. The third kappa shape index (κ3) is 5.85. The number of benzene rings is 2. The Balaban J connectivity index is 1.43. The lowest BCUT2D eigenvalue weighted by Crippen LogP contribution is -2.34. The summed E-state index contributed by atoms with van der Waals surface area (Å²) in [7, 11) is 1.62. The van der Waals surface area contributed by atoms with Crippen molar-refractivity contribution in [3.8, 4) is 17.2 Å². The zero-order valence-corrected chi connectivity index (χ0v) is 16.7. The van der Waals surface area contributed by atoms with E-state index >= 15 is 0 Å². The second-order valence-corrected chi connectivity index (χ2v) is 7.31. The highest BCUT2D eigenvalue weighted by molar-refractivity contribution is 7.99. The number of aryl methyl sites for hydroxylation is 1. The molecule has 1 unspecified atom stereocenters. The van der Waals surface area contributed by atoms with E-state index in [-0.39, 0.29) is 17.7 Å². The summed E-state index contributed by atoms with van der Waals surface area (Å²) in [5.74, 6) is 1.37. The number of hydrogen-bond donors (Lipinski definition) is 1. The Labute approximate surface area is 168 Å². The number of nitrogens with zero attached hydrogens (tertiary/aromatic N) is 2. The van der Waals surface area contributed by atoms with Crippen LogP contribution in [0.2, 0.25) is 0 Å². The van der Waals surface area contributed by atoms with Gasteiger partial charge in [-0.05, 0) is 49.6 Å². The maximum Gasteiger partial charge on any atom is 0.277 e. The summed E-state index contributed by atoms with van der Waals surface area (Å²) in [5.41, 5.74) is 2.08. The number of aromatic nitrogens is 2. The minimum atomic E-state index is -0.0465. The fourth-order valence-corrected chi connectivity index (χ4v) is 3.24. The minimum Gasteiger partial charge on any atom is -0.497 e. The summed E-state index contributed by atoms with van der Waals surface area (Å²) in [6, 6.07) is 17.7. The van der Waals surface area contributed by atoms with E-state index in [1.165, 1.54) is 17.3 Å². The largest absolute Gasteiger partial charge is 0.497 e. The molecule has 28 heavy (non-hydrogen) atoms. The van der Waals surface area contributed by atoms with Crippen LogP contribution in [0.15, 0.2) is 64.2 Å². The number of carbonyl (C=O) groups excluding carboxylic acids is 1. The highest BCUT2D eigenvalue weighted by atomic mass is 32.2. The monoisotopic (exact) mass is 397 g/mol. The van der Waals surface area contributed by atoms with E-state index in [0.717, 1.165) is 24.2 Å². The Morgan fingerprint density at radius 1 is 1.14 bits per heavy atom. The first-order chi connectivity index (χ1) is 13.6. The first-order valence-corrected chi connectivity index (χ1v) is 10.1. The molecular formula is C21H23N3O3S. The molecule has 0 aliphatic heterocycles. The maximum atomic E-state index is 12.1. The second-order valence-electron chi connectivity index (χ2n) is 6.38.